The normalized spacial score (nSPS) is 12.6. The van der Waals surface area contributed by atoms with E-state index in [4.69, 9.17) is 5.11 Å². The van der Waals surface area contributed by atoms with Crippen molar-refractivity contribution in [2.75, 3.05) is 0 Å². The number of amides is 1. The number of hydrogen-bond acceptors (Lipinski definition) is 4. The second-order valence-corrected chi connectivity index (χ2v) is 5.37. The van der Waals surface area contributed by atoms with Gasteiger partial charge in [0.1, 0.15) is 11.6 Å². The third kappa shape index (κ3) is 2.86. The number of hydrogen-bond donors (Lipinski definition) is 2. The van der Waals surface area contributed by atoms with Gasteiger partial charge in [0.15, 0.2) is 5.65 Å². The van der Waals surface area contributed by atoms with Gasteiger partial charge in [0, 0.05) is 11.4 Å². The van der Waals surface area contributed by atoms with Crippen LogP contribution in [0.1, 0.15) is 35.6 Å². The first-order chi connectivity index (χ1) is 9.81. The maximum Gasteiger partial charge on any atom is 0.326 e. The first kappa shape index (κ1) is 15.0. The Hall–Kier alpha value is -2.44. The van der Waals surface area contributed by atoms with Crippen molar-refractivity contribution in [2.24, 2.45) is 5.92 Å². The van der Waals surface area contributed by atoms with Crippen LogP contribution in [0, 0.1) is 19.8 Å². The molecule has 0 aromatic carbocycles. The van der Waals surface area contributed by atoms with Crippen LogP contribution in [-0.4, -0.2) is 37.6 Å². The maximum absolute atomic E-state index is 12.3. The first-order valence-electron chi connectivity index (χ1n) is 6.67. The van der Waals surface area contributed by atoms with Gasteiger partial charge in [-0.1, -0.05) is 13.8 Å². The molecule has 2 N–H and O–H groups in total. The maximum atomic E-state index is 12.3. The second-order valence-electron chi connectivity index (χ2n) is 5.37. The molecular formula is C14H18N4O3. The van der Waals surface area contributed by atoms with Crippen LogP contribution in [0.5, 0.6) is 0 Å². The SMILES string of the molecule is Cc1cc(C)n2ncc(C(=O)NC(C(=O)O)C(C)C)c2n1. The van der Waals surface area contributed by atoms with Crippen molar-refractivity contribution in [2.45, 2.75) is 33.7 Å². The van der Waals surface area contributed by atoms with Crippen molar-refractivity contribution in [3.05, 3.63) is 29.2 Å². The van der Waals surface area contributed by atoms with Crippen LogP contribution in [0.2, 0.25) is 0 Å². The van der Waals surface area contributed by atoms with Gasteiger partial charge in [-0.2, -0.15) is 5.10 Å². The zero-order chi connectivity index (χ0) is 15.7. The summed E-state index contributed by atoms with van der Waals surface area (Å²) in [7, 11) is 0. The largest absolute Gasteiger partial charge is 0.480 e. The van der Waals surface area contributed by atoms with Gasteiger partial charge in [-0.3, -0.25) is 4.79 Å². The van der Waals surface area contributed by atoms with E-state index < -0.39 is 17.9 Å². The summed E-state index contributed by atoms with van der Waals surface area (Å²) in [6.07, 6.45) is 1.41. The highest BCUT2D eigenvalue weighted by Gasteiger charge is 2.25. The van der Waals surface area contributed by atoms with Crippen molar-refractivity contribution >= 4 is 17.5 Å². The Bertz CT molecular complexity index is 706. The molecule has 0 saturated heterocycles. The van der Waals surface area contributed by atoms with Crippen molar-refractivity contribution in [1.82, 2.24) is 19.9 Å². The fourth-order valence-electron chi connectivity index (χ4n) is 2.16. The molecule has 0 aliphatic carbocycles. The molecule has 21 heavy (non-hydrogen) atoms. The van der Waals surface area contributed by atoms with Gasteiger partial charge >= 0.3 is 5.97 Å². The minimum absolute atomic E-state index is 0.218. The Morgan fingerprint density at radius 1 is 1.33 bits per heavy atom. The van der Waals surface area contributed by atoms with Gasteiger partial charge in [-0.05, 0) is 25.8 Å². The highest BCUT2D eigenvalue weighted by atomic mass is 16.4. The molecule has 2 aromatic heterocycles. The van der Waals surface area contributed by atoms with Crippen molar-refractivity contribution < 1.29 is 14.7 Å². The van der Waals surface area contributed by atoms with E-state index in [0.29, 0.717) is 5.65 Å². The van der Waals surface area contributed by atoms with Crippen molar-refractivity contribution in [3.8, 4) is 0 Å². The number of aliphatic carboxylic acids is 1. The summed E-state index contributed by atoms with van der Waals surface area (Å²) >= 11 is 0. The van der Waals surface area contributed by atoms with E-state index >= 15 is 0 Å². The van der Waals surface area contributed by atoms with Crippen LogP contribution in [0.4, 0.5) is 0 Å². The van der Waals surface area contributed by atoms with Crippen molar-refractivity contribution in [3.63, 3.8) is 0 Å². The van der Waals surface area contributed by atoms with E-state index in [1.54, 1.807) is 18.4 Å². The van der Waals surface area contributed by atoms with E-state index in [1.807, 2.05) is 19.9 Å². The van der Waals surface area contributed by atoms with Crippen LogP contribution in [-0.2, 0) is 4.79 Å². The number of carbonyl (C=O) groups is 2. The highest BCUT2D eigenvalue weighted by Crippen LogP contribution is 2.13. The highest BCUT2D eigenvalue weighted by molar-refractivity contribution is 6.01. The lowest BCUT2D eigenvalue weighted by Crippen LogP contribution is -2.44. The third-order valence-electron chi connectivity index (χ3n) is 3.24. The average molecular weight is 290 g/mol. The fraction of sp³-hybridized carbons (Fsp3) is 0.429. The molecule has 1 amide bonds. The summed E-state index contributed by atoms with van der Waals surface area (Å²) in [6, 6.07) is 0.911. The number of rotatable bonds is 4. The molecule has 0 bridgehead atoms. The number of carboxylic acids is 1. The van der Waals surface area contributed by atoms with Crippen LogP contribution in [0.15, 0.2) is 12.3 Å². The zero-order valence-electron chi connectivity index (χ0n) is 12.4. The zero-order valence-corrected chi connectivity index (χ0v) is 12.4. The summed E-state index contributed by atoms with van der Waals surface area (Å²) in [5, 5.41) is 15.8. The number of nitrogens with one attached hydrogen (secondary N) is 1. The number of aromatic nitrogens is 3. The standard InChI is InChI=1S/C14H18N4O3/c1-7(2)11(14(20)21)17-13(19)10-6-15-18-9(4)5-8(3)16-12(10)18/h5-7,11H,1-4H3,(H,17,19)(H,20,21). The smallest absolute Gasteiger partial charge is 0.326 e. The van der Waals surface area contributed by atoms with Gasteiger partial charge in [-0.25, -0.2) is 14.3 Å². The monoisotopic (exact) mass is 290 g/mol. The molecule has 7 heteroatoms. The van der Waals surface area contributed by atoms with Gasteiger partial charge in [0.05, 0.1) is 6.20 Å². The molecule has 2 aromatic rings. The Morgan fingerprint density at radius 3 is 2.57 bits per heavy atom. The van der Waals surface area contributed by atoms with E-state index in [2.05, 4.69) is 15.4 Å². The van der Waals surface area contributed by atoms with Crippen LogP contribution < -0.4 is 5.32 Å². The van der Waals surface area contributed by atoms with E-state index in [-0.39, 0.29) is 11.5 Å². The van der Waals surface area contributed by atoms with Crippen LogP contribution in [0.3, 0.4) is 0 Å². The Morgan fingerprint density at radius 2 is 2.00 bits per heavy atom. The molecule has 0 fully saturated rings. The number of fused-ring (bicyclic) bond motifs is 1. The van der Waals surface area contributed by atoms with Crippen LogP contribution >= 0.6 is 0 Å². The predicted molar refractivity (Wildman–Crippen MR) is 76.2 cm³/mol. The summed E-state index contributed by atoms with van der Waals surface area (Å²) in [6.45, 7) is 7.17. The number of aryl methyl sites for hydroxylation is 2. The lowest BCUT2D eigenvalue weighted by molar-refractivity contribution is -0.140. The molecule has 0 aliphatic rings. The van der Waals surface area contributed by atoms with Gasteiger partial charge in [-0.15, -0.1) is 0 Å². The number of nitrogens with zero attached hydrogens (tertiary/aromatic N) is 3. The molecule has 2 heterocycles. The third-order valence-corrected chi connectivity index (χ3v) is 3.24. The summed E-state index contributed by atoms with van der Waals surface area (Å²) in [5.74, 6) is -1.76. The van der Waals surface area contributed by atoms with Gasteiger partial charge in [0.2, 0.25) is 0 Å². The molecule has 1 unspecified atom stereocenters. The quantitative estimate of drug-likeness (QED) is 0.881. The van der Waals surface area contributed by atoms with E-state index in [0.717, 1.165) is 11.4 Å². The molecule has 0 saturated carbocycles. The Kier molecular flexibility index (Phi) is 3.93. The minimum Gasteiger partial charge on any atom is -0.480 e. The molecule has 2 rings (SSSR count). The fourth-order valence-corrected chi connectivity index (χ4v) is 2.16. The Balaban J connectivity index is 2.38. The molecule has 0 aliphatic heterocycles. The van der Waals surface area contributed by atoms with Crippen LogP contribution in [0.25, 0.3) is 5.65 Å². The van der Waals surface area contributed by atoms with Crippen molar-refractivity contribution in [1.29, 1.82) is 0 Å². The summed E-state index contributed by atoms with van der Waals surface area (Å²) in [4.78, 5) is 27.8. The van der Waals surface area contributed by atoms with E-state index in [9.17, 15) is 9.59 Å². The summed E-state index contributed by atoms with van der Waals surface area (Å²) in [5.41, 5.74) is 2.33. The lowest BCUT2D eigenvalue weighted by atomic mass is 10.0. The second kappa shape index (κ2) is 5.51. The molecule has 0 radical (unpaired) electrons. The topological polar surface area (TPSA) is 96.6 Å². The lowest BCUT2D eigenvalue weighted by Gasteiger charge is -2.17. The van der Waals surface area contributed by atoms with Gasteiger partial charge in [0.25, 0.3) is 5.91 Å². The summed E-state index contributed by atoms with van der Waals surface area (Å²) < 4.78 is 1.56. The Labute approximate surface area is 122 Å². The molecule has 112 valence electrons. The number of carbonyl (C=O) groups excluding carboxylic acids is 1. The molecule has 7 nitrogen and oxygen atoms in total. The molecular weight excluding hydrogens is 272 g/mol. The van der Waals surface area contributed by atoms with Gasteiger partial charge < -0.3 is 10.4 Å². The minimum atomic E-state index is -1.06. The average Bonchev–Trinajstić information content (AvgIpc) is 2.78. The number of carboxylic acid groups (broad SMARTS) is 1. The predicted octanol–water partition coefficient (Wildman–Crippen LogP) is 1.19. The van der Waals surface area contributed by atoms with E-state index in [1.165, 1.54) is 6.20 Å². The first-order valence-corrected chi connectivity index (χ1v) is 6.67. The molecule has 0 spiro atoms. The molecule has 1 atom stereocenters.